The van der Waals surface area contributed by atoms with Gasteiger partial charge in [-0.25, -0.2) is 19.3 Å². The van der Waals surface area contributed by atoms with E-state index in [-0.39, 0.29) is 25.6 Å². The Morgan fingerprint density at radius 2 is 1.46 bits per heavy atom. The first kappa shape index (κ1) is 35.5. The van der Waals surface area contributed by atoms with E-state index in [2.05, 4.69) is 21.9 Å². The van der Waals surface area contributed by atoms with Gasteiger partial charge in [0.1, 0.15) is 31.0 Å². The zero-order chi connectivity index (χ0) is 29.6. The Bertz CT molecular complexity index is 982. The van der Waals surface area contributed by atoms with Crippen molar-refractivity contribution in [2.45, 2.75) is 122 Å². The third-order valence-electron chi connectivity index (χ3n) is 7.14. The van der Waals surface area contributed by atoms with Gasteiger partial charge in [-0.3, -0.25) is 4.57 Å². The summed E-state index contributed by atoms with van der Waals surface area (Å²) in [5.74, 6) is 0.219. The minimum atomic E-state index is -4.04. The molecule has 2 rings (SSSR count). The van der Waals surface area contributed by atoms with Crippen molar-refractivity contribution in [3.8, 4) is 0 Å². The average molecular weight is 602 g/mol. The summed E-state index contributed by atoms with van der Waals surface area (Å²) in [5.41, 5.74) is 6.60. The summed E-state index contributed by atoms with van der Waals surface area (Å²) in [4.78, 5) is 22.1. The van der Waals surface area contributed by atoms with Crippen LogP contribution in [0.5, 0.6) is 0 Å². The van der Waals surface area contributed by atoms with E-state index in [9.17, 15) is 13.8 Å². The number of hydrogen-bond acceptors (Lipinski definition) is 8. The molecule has 0 radical (unpaired) electrons. The van der Waals surface area contributed by atoms with Gasteiger partial charge in [-0.1, -0.05) is 103 Å². The number of fused-ring (bicyclic) bond motifs is 1. The van der Waals surface area contributed by atoms with E-state index in [1.807, 2.05) is 0 Å². The van der Waals surface area contributed by atoms with Crippen LogP contribution >= 0.6 is 7.60 Å². The number of halogens is 1. The van der Waals surface area contributed by atoms with Crippen LogP contribution in [0.2, 0.25) is 0 Å². The maximum Gasteiger partial charge on any atom is 0.353 e. The van der Waals surface area contributed by atoms with Crippen LogP contribution in [0.3, 0.4) is 0 Å². The lowest BCUT2D eigenvalue weighted by molar-refractivity contribution is 0.0373. The largest absolute Gasteiger partial charge is 0.382 e. The molecule has 2 aromatic heterocycles. The first-order valence-electron chi connectivity index (χ1n) is 15.6. The second kappa shape index (κ2) is 22.0. The number of nitrogen functional groups attached to an aromatic ring is 1. The van der Waals surface area contributed by atoms with E-state index in [1.165, 1.54) is 103 Å². The predicted octanol–water partition coefficient (Wildman–Crippen LogP) is 7.20. The lowest BCUT2D eigenvalue weighted by atomic mass is 10.0. The molecule has 0 fully saturated rings. The summed E-state index contributed by atoms with van der Waals surface area (Å²) in [5, 5.41) is 0. The standard InChI is InChI=1S/C29H53FN5O5P/c1-2-3-4-5-6-7-8-9-10-11-12-13-14-15-16-17-18-38-19-20-40-41(36,37)25-39-26(21-30)22-35-24-34-27-28(31)32-23-33-29(27)35/h23-24,26H,2-22,25H2,1H3,(H,36,37)(H2,31,32,33). The molecule has 0 aliphatic carbocycles. The maximum absolute atomic E-state index is 13.5. The van der Waals surface area contributed by atoms with Crippen molar-refractivity contribution < 1.29 is 27.8 Å². The fourth-order valence-electron chi connectivity index (χ4n) is 4.73. The Labute approximate surface area is 245 Å². The van der Waals surface area contributed by atoms with Crippen molar-refractivity contribution in [1.82, 2.24) is 19.5 Å². The summed E-state index contributed by atoms with van der Waals surface area (Å²) in [6, 6.07) is 0. The summed E-state index contributed by atoms with van der Waals surface area (Å²) in [7, 11) is -4.04. The Kier molecular flexibility index (Phi) is 19.0. The molecule has 3 N–H and O–H groups in total. The SMILES string of the molecule is CCCCCCCCCCCCCCCCCCOCCOP(=O)(O)COC(CF)Cn1cnc2c(N)ncnc21. The van der Waals surface area contributed by atoms with Crippen molar-refractivity contribution in [2.24, 2.45) is 0 Å². The summed E-state index contributed by atoms with van der Waals surface area (Å²) >= 11 is 0. The number of nitrogens with zero attached hydrogens (tertiary/aromatic N) is 4. The summed E-state index contributed by atoms with van der Waals surface area (Å²) in [6.45, 7) is 2.25. The third kappa shape index (κ3) is 16.0. The summed E-state index contributed by atoms with van der Waals surface area (Å²) < 4.78 is 43.2. The highest BCUT2D eigenvalue weighted by Gasteiger charge is 2.23. The Hall–Kier alpha value is -1.65. The van der Waals surface area contributed by atoms with Gasteiger partial charge in [0, 0.05) is 6.61 Å². The van der Waals surface area contributed by atoms with E-state index >= 15 is 0 Å². The minimum absolute atomic E-state index is 0.0291. The van der Waals surface area contributed by atoms with Crippen molar-refractivity contribution in [1.29, 1.82) is 0 Å². The fourth-order valence-corrected chi connectivity index (χ4v) is 5.56. The fraction of sp³-hybridized carbons (Fsp3) is 0.828. The van der Waals surface area contributed by atoms with Crippen LogP contribution in [0, 0.1) is 0 Å². The number of hydrogen-bond donors (Lipinski definition) is 2. The van der Waals surface area contributed by atoms with Crippen LogP contribution in [0.25, 0.3) is 11.2 Å². The van der Waals surface area contributed by atoms with Crippen molar-refractivity contribution in [2.75, 3.05) is 38.6 Å². The van der Waals surface area contributed by atoms with Gasteiger partial charge in [0.25, 0.3) is 0 Å². The molecule has 0 aromatic carbocycles. The number of anilines is 1. The molecule has 0 amide bonds. The van der Waals surface area contributed by atoms with Gasteiger partial charge < -0.3 is 29.2 Å². The molecule has 12 heteroatoms. The molecule has 41 heavy (non-hydrogen) atoms. The first-order chi connectivity index (χ1) is 20.0. The van der Waals surface area contributed by atoms with Crippen molar-refractivity contribution in [3.05, 3.63) is 12.7 Å². The van der Waals surface area contributed by atoms with Crippen LogP contribution in [0.15, 0.2) is 12.7 Å². The minimum Gasteiger partial charge on any atom is -0.382 e. The van der Waals surface area contributed by atoms with Gasteiger partial charge in [-0.05, 0) is 6.42 Å². The Morgan fingerprint density at radius 3 is 2.05 bits per heavy atom. The zero-order valence-corrected chi connectivity index (χ0v) is 26.0. The molecule has 2 aromatic rings. The highest BCUT2D eigenvalue weighted by atomic mass is 31.2. The molecule has 0 saturated carbocycles. The number of rotatable bonds is 27. The average Bonchev–Trinajstić information content (AvgIpc) is 3.38. The van der Waals surface area contributed by atoms with E-state index in [0.29, 0.717) is 17.8 Å². The van der Waals surface area contributed by atoms with Crippen molar-refractivity contribution in [3.63, 3.8) is 0 Å². The Morgan fingerprint density at radius 1 is 0.878 bits per heavy atom. The molecule has 2 unspecified atom stereocenters. The molecule has 2 atom stereocenters. The maximum atomic E-state index is 13.5. The molecule has 10 nitrogen and oxygen atoms in total. The highest BCUT2D eigenvalue weighted by molar-refractivity contribution is 7.52. The smallest absolute Gasteiger partial charge is 0.353 e. The quantitative estimate of drug-likeness (QED) is 0.0805. The topological polar surface area (TPSA) is 135 Å². The molecule has 2 heterocycles. The number of alkyl halides is 1. The van der Waals surface area contributed by atoms with E-state index in [4.69, 9.17) is 19.7 Å². The van der Waals surface area contributed by atoms with Crippen LogP contribution in [0.4, 0.5) is 10.2 Å². The van der Waals surface area contributed by atoms with Crippen LogP contribution < -0.4 is 5.73 Å². The number of ether oxygens (including phenoxy) is 2. The molecule has 0 saturated heterocycles. The molecule has 0 bridgehead atoms. The lowest BCUT2D eigenvalue weighted by Crippen LogP contribution is -2.23. The first-order valence-corrected chi connectivity index (χ1v) is 17.4. The van der Waals surface area contributed by atoms with Gasteiger partial charge in [0.05, 0.1) is 26.1 Å². The van der Waals surface area contributed by atoms with E-state index < -0.39 is 26.7 Å². The predicted molar refractivity (Wildman–Crippen MR) is 162 cm³/mol. The lowest BCUT2D eigenvalue weighted by Gasteiger charge is -2.18. The molecule has 0 spiro atoms. The summed E-state index contributed by atoms with van der Waals surface area (Å²) in [6.07, 6.45) is 22.3. The van der Waals surface area contributed by atoms with Gasteiger partial charge in [-0.15, -0.1) is 0 Å². The monoisotopic (exact) mass is 601 g/mol. The normalized spacial score (nSPS) is 14.0. The van der Waals surface area contributed by atoms with Gasteiger partial charge in [0.15, 0.2) is 11.5 Å². The molecule has 0 aliphatic rings. The van der Waals surface area contributed by atoms with Gasteiger partial charge in [0.2, 0.25) is 0 Å². The molecular weight excluding hydrogens is 548 g/mol. The second-order valence-electron chi connectivity index (χ2n) is 10.8. The van der Waals surface area contributed by atoms with E-state index in [1.54, 1.807) is 4.57 Å². The number of unbranched alkanes of at least 4 members (excludes halogenated alkanes) is 15. The second-order valence-corrected chi connectivity index (χ2v) is 12.6. The number of aromatic nitrogens is 4. The molecular formula is C29H53FN5O5P. The van der Waals surface area contributed by atoms with Gasteiger partial charge >= 0.3 is 7.60 Å². The van der Waals surface area contributed by atoms with Crippen molar-refractivity contribution >= 4 is 24.6 Å². The molecule has 0 aliphatic heterocycles. The van der Waals surface area contributed by atoms with Crippen LogP contribution in [0.1, 0.15) is 110 Å². The zero-order valence-electron chi connectivity index (χ0n) is 25.1. The van der Waals surface area contributed by atoms with Crippen LogP contribution in [-0.2, 0) is 25.1 Å². The van der Waals surface area contributed by atoms with E-state index in [0.717, 1.165) is 12.8 Å². The van der Waals surface area contributed by atoms with Crippen LogP contribution in [-0.4, -0.2) is 63.4 Å². The number of imidazole rings is 1. The Balaban J connectivity index is 1.40. The number of nitrogens with two attached hydrogens (primary N) is 1. The van der Waals surface area contributed by atoms with Gasteiger partial charge in [-0.2, -0.15) is 0 Å². The highest BCUT2D eigenvalue weighted by Crippen LogP contribution is 2.41. The third-order valence-corrected chi connectivity index (χ3v) is 8.20. The molecule has 236 valence electrons.